The van der Waals surface area contributed by atoms with Gasteiger partial charge in [-0.25, -0.2) is 9.18 Å². The molecule has 0 aromatic heterocycles. The maximum atomic E-state index is 13.6. The third-order valence-corrected chi connectivity index (χ3v) is 2.64. The van der Waals surface area contributed by atoms with Crippen LogP contribution in [0.15, 0.2) is 18.2 Å². The summed E-state index contributed by atoms with van der Waals surface area (Å²) >= 11 is 0. The van der Waals surface area contributed by atoms with Crippen LogP contribution >= 0.6 is 0 Å². The summed E-state index contributed by atoms with van der Waals surface area (Å²) in [4.78, 5) is 11.2. The molecule has 1 heterocycles. The van der Waals surface area contributed by atoms with Crippen LogP contribution in [0.2, 0.25) is 0 Å². The molecule has 16 heavy (non-hydrogen) atoms. The number of halogens is 1. The lowest BCUT2D eigenvalue weighted by molar-refractivity contribution is 0.0677. The van der Waals surface area contributed by atoms with Crippen LogP contribution in [0.3, 0.4) is 0 Å². The van der Waals surface area contributed by atoms with Crippen molar-refractivity contribution >= 4 is 11.8 Å². The molecule has 86 valence electrons. The molecule has 0 saturated carbocycles. The number of nitrogens with one attached hydrogen (secondary N) is 1. The third kappa shape index (κ3) is 1.68. The second-order valence-corrected chi connectivity index (χ2v) is 4.35. The first-order valence-corrected chi connectivity index (χ1v) is 4.94. The molecule has 1 aromatic carbocycles. The van der Waals surface area contributed by atoms with E-state index in [1.807, 2.05) is 0 Å². The van der Waals surface area contributed by atoms with Crippen molar-refractivity contribution in [3.63, 3.8) is 0 Å². The molecule has 1 aromatic rings. The van der Waals surface area contributed by atoms with Crippen molar-refractivity contribution in [2.45, 2.75) is 25.5 Å². The van der Waals surface area contributed by atoms with E-state index in [4.69, 9.17) is 10.5 Å². The molecule has 1 amide bonds. The topological polar surface area (TPSA) is 64.3 Å². The molecule has 3 N–H and O–H groups in total. The van der Waals surface area contributed by atoms with E-state index in [0.29, 0.717) is 11.3 Å². The zero-order chi connectivity index (χ0) is 11.9. The quantitative estimate of drug-likeness (QED) is 0.717. The van der Waals surface area contributed by atoms with Gasteiger partial charge in [0.1, 0.15) is 11.4 Å². The maximum absolute atomic E-state index is 13.6. The van der Waals surface area contributed by atoms with Gasteiger partial charge in [-0.15, -0.1) is 0 Å². The monoisotopic (exact) mass is 224 g/mol. The number of nitrogen functional groups attached to an aromatic ring is 1. The molecule has 5 heteroatoms. The number of carbonyl (C=O) groups excluding carboxylic acids is 1. The average molecular weight is 224 g/mol. The van der Waals surface area contributed by atoms with Gasteiger partial charge in [0.25, 0.3) is 0 Å². The molecule has 1 fully saturated rings. The van der Waals surface area contributed by atoms with E-state index in [1.54, 1.807) is 13.8 Å². The summed E-state index contributed by atoms with van der Waals surface area (Å²) in [6.07, 6.45) is -0.545. The van der Waals surface area contributed by atoms with Crippen molar-refractivity contribution in [1.29, 1.82) is 0 Å². The molecule has 2 rings (SSSR count). The summed E-state index contributed by atoms with van der Waals surface area (Å²) in [6, 6.07) is 3.74. The summed E-state index contributed by atoms with van der Waals surface area (Å²) in [5.74, 6) is -0.405. The van der Waals surface area contributed by atoms with Gasteiger partial charge in [-0.1, -0.05) is 0 Å². The number of carbonyl (C=O) groups is 1. The lowest BCUT2D eigenvalue weighted by atomic mass is 9.92. The molecule has 0 bridgehead atoms. The van der Waals surface area contributed by atoms with Gasteiger partial charge in [0, 0.05) is 11.3 Å². The highest BCUT2D eigenvalue weighted by Gasteiger charge is 2.43. The van der Waals surface area contributed by atoms with Crippen LogP contribution in [0.5, 0.6) is 0 Å². The summed E-state index contributed by atoms with van der Waals surface area (Å²) in [5.41, 5.74) is 5.61. The highest BCUT2D eigenvalue weighted by Crippen LogP contribution is 2.35. The predicted molar refractivity (Wildman–Crippen MR) is 57.2 cm³/mol. The van der Waals surface area contributed by atoms with Crippen LogP contribution in [-0.4, -0.2) is 11.7 Å². The number of ether oxygens (including phenoxy) is 1. The van der Waals surface area contributed by atoms with Crippen molar-refractivity contribution in [1.82, 2.24) is 5.32 Å². The van der Waals surface area contributed by atoms with Crippen molar-refractivity contribution < 1.29 is 13.9 Å². The van der Waals surface area contributed by atoms with Crippen LogP contribution < -0.4 is 11.1 Å². The largest absolute Gasteiger partial charge is 0.441 e. The molecular weight excluding hydrogens is 211 g/mol. The smallest absolute Gasteiger partial charge is 0.408 e. The van der Waals surface area contributed by atoms with Gasteiger partial charge in [-0.3, -0.25) is 0 Å². The molecule has 0 spiro atoms. The van der Waals surface area contributed by atoms with Gasteiger partial charge in [-0.05, 0) is 32.0 Å². The Morgan fingerprint density at radius 3 is 2.75 bits per heavy atom. The number of anilines is 1. The number of amides is 1. The molecule has 1 aliphatic heterocycles. The Labute approximate surface area is 92.6 Å². The number of rotatable bonds is 1. The van der Waals surface area contributed by atoms with Crippen molar-refractivity contribution in [2.75, 3.05) is 5.73 Å². The highest BCUT2D eigenvalue weighted by atomic mass is 19.1. The standard InChI is InChI=1S/C11H13FN2O2/c1-11(2)9(14-10(15)16-11)7-5-6(13)3-4-8(7)12/h3-5,9H,13H2,1-2H3,(H,14,15). The number of alkyl carbamates (subject to hydrolysis) is 1. The zero-order valence-corrected chi connectivity index (χ0v) is 9.08. The second kappa shape index (κ2) is 3.37. The van der Waals surface area contributed by atoms with E-state index in [9.17, 15) is 9.18 Å². The van der Waals surface area contributed by atoms with E-state index in [1.165, 1.54) is 18.2 Å². The minimum Gasteiger partial charge on any atom is -0.441 e. The van der Waals surface area contributed by atoms with Crippen LogP contribution in [-0.2, 0) is 4.74 Å². The van der Waals surface area contributed by atoms with E-state index in [0.717, 1.165) is 0 Å². The van der Waals surface area contributed by atoms with Crippen LogP contribution in [0.4, 0.5) is 14.9 Å². The summed E-state index contributed by atoms with van der Waals surface area (Å²) < 4.78 is 18.7. The Morgan fingerprint density at radius 2 is 2.19 bits per heavy atom. The molecule has 1 atom stereocenters. The van der Waals surface area contributed by atoms with E-state index < -0.39 is 23.6 Å². The summed E-state index contributed by atoms with van der Waals surface area (Å²) in [6.45, 7) is 3.44. The predicted octanol–water partition coefficient (Wildman–Crippen LogP) is 1.97. The van der Waals surface area contributed by atoms with E-state index in [-0.39, 0.29) is 0 Å². The number of hydrogen-bond donors (Lipinski definition) is 2. The second-order valence-electron chi connectivity index (χ2n) is 4.35. The molecule has 1 saturated heterocycles. The van der Waals surface area contributed by atoms with E-state index in [2.05, 4.69) is 5.32 Å². The molecule has 0 aliphatic carbocycles. The van der Waals surface area contributed by atoms with Crippen molar-refractivity contribution in [2.24, 2.45) is 0 Å². The Hall–Kier alpha value is -1.78. The molecule has 1 unspecified atom stereocenters. The SMILES string of the molecule is CC1(C)OC(=O)NC1c1cc(N)ccc1F. The van der Waals surface area contributed by atoms with Gasteiger partial charge in [0.2, 0.25) is 0 Å². The van der Waals surface area contributed by atoms with Crippen LogP contribution in [0.1, 0.15) is 25.5 Å². The summed E-state index contributed by atoms with van der Waals surface area (Å²) in [7, 11) is 0. The highest BCUT2D eigenvalue weighted by molar-refractivity contribution is 5.71. The van der Waals surface area contributed by atoms with Crippen molar-refractivity contribution in [3.05, 3.63) is 29.6 Å². The molecule has 4 nitrogen and oxygen atoms in total. The van der Waals surface area contributed by atoms with Gasteiger partial charge < -0.3 is 15.8 Å². The number of nitrogens with two attached hydrogens (primary N) is 1. The third-order valence-electron chi connectivity index (χ3n) is 2.64. The van der Waals surface area contributed by atoms with Gasteiger partial charge >= 0.3 is 6.09 Å². The van der Waals surface area contributed by atoms with Crippen LogP contribution in [0, 0.1) is 5.82 Å². The van der Waals surface area contributed by atoms with Gasteiger partial charge in [0.05, 0.1) is 6.04 Å². The Morgan fingerprint density at radius 1 is 1.50 bits per heavy atom. The number of benzene rings is 1. The Balaban J connectivity index is 2.44. The maximum Gasteiger partial charge on any atom is 0.408 e. The fourth-order valence-corrected chi connectivity index (χ4v) is 1.85. The number of cyclic esters (lactones) is 1. The van der Waals surface area contributed by atoms with Gasteiger partial charge in [0.15, 0.2) is 0 Å². The number of hydrogen-bond acceptors (Lipinski definition) is 3. The first-order valence-electron chi connectivity index (χ1n) is 4.94. The molecular formula is C11H13FN2O2. The minimum absolute atomic E-state index is 0.343. The summed E-state index contributed by atoms with van der Waals surface area (Å²) in [5, 5.41) is 2.57. The lowest BCUT2D eigenvalue weighted by Crippen LogP contribution is -2.31. The first kappa shape index (κ1) is 10.7. The fraction of sp³-hybridized carbons (Fsp3) is 0.364. The average Bonchev–Trinajstić information content (AvgIpc) is 2.43. The fourth-order valence-electron chi connectivity index (χ4n) is 1.85. The Kier molecular flexibility index (Phi) is 2.26. The minimum atomic E-state index is -0.786. The molecule has 1 aliphatic rings. The lowest BCUT2D eigenvalue weighted by Gasteiger charge is -2.24. The Bertz CT molecular complexity index is 446. The van der Waals surface area contributed by atoms with Crippen molar-refractivity contribution in [3.8, 4) is 0 Å². The first-order chi connectivity index (χ1) is 7.40. The van der Waals surface area contributed by atoms with Gasteiger partial charge in [-0.2, -0.15) is 0 Å². The van der Waals surface area contributed by atoms with E-state index >= 15 is 0 Å². The van der Waals surface area contributed by atoms with Crippen LogP contribution in [0.25, 0.3) is 0 Å². The molecule has 0 radical (unpaired) electrons. The normalized spacial score (nSPS) is 22.7. The zero-order valence-electron chi connectivity index (χ0n) is 9.08.